The van der Waals surface area contributed by atoms with Crippen LogP contribution in [0.15, 0.2) is 28.7 Å². The zero-order valence-corrected chi connectivity index (χ0v) is 25.3. The Kier molecular flexibility index (Phi) is 18.8. The maximum absolute atomic E-state index is 11.8. The molecule has 0 aliphatic rings. The van der Waals surface area contributed by atoms with E-state index in [0.29, 0.717) is 11.8 Å². The Balaban J connectivity index is 0.000000712. The molecule has 5 nitrogen and oxygen atoms in total. The lowest BCUT2D eigenvalue weighted by Gasteiger charge is -2.28. The molecule has 0 aliphatic heterocycles. The number of quaternary nitrogens is 1. The van der Waals surface area contributed by atoms with E-state index in [-0.39, 0.29) is 13.2 Å². The molecule has 0 aromatic heterocycles. The molecule has 0 heterocycles. The van der Waals surface area contributed by atoms with Crippen molar-refractivity contribution in [2.75, 3.05) is 33.9 Å². The molecule has 0 spiro atoms. The second-order valence-corrected chi connectivity index (χ2v) is 12.1. The smallest absolute Gasteiger partial charge is 0.267 e. The molecule has 34 heavy (non-hydrogen) atoms. The van der Waals surface area contributed by atoms with Crippen molar-refractivity contribution in [3.63, 3.8) is 0 Å². The summed E-state index contributed by atoms with van der Waals surface area (Å²) < 4.78 is 24.2. The molecule has 0 fully saturated rings. The topological polar surface area (TPSA) is 58.6 Å². The van der Waals surface area contributed by atoms with Crippen molar-refractivity contribution in [3.05, 3.63) is 34.3 Å². The molecule has 2 unspecified atom stereocenters. The monoisotopic (exact) mass is 563 g/mol. The van der Waals surface area contributed by atoms with Crippen LogP contribution < -0.4 is 4.89 Å². The van der Waals surface area contributed by atoms with E-state index in [1.807, 2.05) is 0 Å². The van der Waals surface area contributed by atoms with E-state index in [2.05, 4.69) is 88.9 Å². The van der Waals surface area contributed by atoms with Crippen LogP contribution in [0.4, 0.5) is 0 Å². The van der Waals surface area contributed by atoms with E-state index in [4.69, 9.17) is 9.05 Å². The van der Waals surface area contributed by atoms with Gasteiger partial charge in [-0.15, -0.1) is 0 Å². The van der Waals surface area contributed by atoms with Gasteiger partial charge in [-0.25, -0.2) is 0 Å². The van der Waals surface area contributed by atoms with Gasteiger partial charge in [-0.2, -0.15) is 0 Å². The molecule has 0 bridgehead atoms. The van der Waals surface area contributed by atoms with E-state index in [0.717, 1.165) is 68.9 Å². The molecule has 0 N–H and O–H groups in total. The molecule has 2 atom stereocenters. The van der Waals surface area contributed by atoms with E-state index in [1.54, 1.807) is 0 Å². The second kappa shape index (κ2) is 19.0. The summed E-state index contributed by atoms with van der Waals surface area (Å²) in [5, 5.41) is 0. The molecule has 7 heteroatoms. The molecule has 1 rings (SSSR count). The zero-order chi connectivity index (χ0) is 26.0. The van der Waals surface area contributed by atoms with Crippen molar-refractivity contribution in [1.82, 2.24) is 0 Å². The highest BCUT2D eigenvalue weighted by atomic mass is 79.9. The highest BCUT2D eigenvalue weighted by molar-refractivity contribution is 9.10. The molecule has 1 aromatic carbocycles. The first-order valence-electron chi connectivity index (χ1n) is 13.2. The Morgan fingerprint density at radius 3 is 1.76 bits per heavy atom. The second-order valence-electron chi connectivity index (χ2n) is 9.87. The fourth-order valence-electron chi connectivity index (χ4n) is 3.43. The van der Waals surface area contributed by atoms with Crippen LogP contribution in [-0.4, -0.2) is 38.3 Å². The molecule has 0 aliphatic carbocycles. The predicted octanol–water partition coefficient (Wildman–Crippen LogP) is 7.97. The van der Waals surface area contributed by atoms with Gasteiger partial charge in [-0.05, 0) is 37.7 Å². The summed E-state index contributed by atoms with van der Waals surface area (Å²) >= 11 is 3.57. The van der Waals surface area contributed by atoms with E-state index >= 15 is 0 Å². The highest BCUT2D eigenvalue weighted by Crippen LogP contribution is 2.40. The fourth-order valence-corrected chi connectivity index (χ4v) is 4.70. The van der Waals surface area contributed by atoms with Crippen molar-refractivity contribution in [3.8, 4) is 0 Å². The summed E-state index contributed by atoms with van der Waals surface area (Å²) in [6.07, 6.45) is 8.38. The fraction of sp³-hybridized carbons (Fsp3) is 0.778. The van der Waals surface area contributed by atoms with Crippen LogP contribution in [0.25, 0.3) is 0 Å². The highest BCUT2D eigenvalue weighted by Gasteiger charge is 2.16. The van der Waals surface area contributed by atoms with Gasteiger partial charge < -0.3 is 18.4 Å². The Hall–Kier alpha value is -0.230. The maximum Gasteiger partial charge on any atom is 0.267 e. The van der Waals surface area contributed by atoms with Crippen molar-refractivity contribution in [1.29, 1.82) is 0 Å². The third-order valence-corrected chi connectivity index (χ3v) is 8.14. The predicted molar refractivity (Wildman–Crippen MR) is 147 cm³/mol. The van der Waals surface area contributed by atoms with Gasteiger partial charge in [-0.1, -0.05) is 100 Å². The van der Waals surface area contributed by atoms with Crippen LogP contribution in [0.3, 0.4) is 0 Å². The van der Waals surface area contributed by atoms with E-state index < -0.39 is 7.82 Å². The van der Waals surface area contributed by atoms with Gasteiger partial charge in [0.15, 0.2) is 0 Å². The third kappa shape index (κ3) is 16.4. The summed E-state index contributed by atoms with van der Waals surface area (Å²) in [5.74, 6) is 0.607. The summed E-state index contributed by atoms with van der Waals surface area (Å²) in [4.78, 5) is 11.8. The minimum absolute atomic E-state index is 0.253. The molecular weight excluding hydrogens is 513 g/mol. The standard InChI is InChI=1S/C16H35O4P.C11H17BrN/c1-5-9-11-15(7-3)13-19-21(17,18)20-14-16(8-4)12-10-6-2;1-4-13(2,3)9-10-7-5-6-8-11(10)12/h15-16H,5-14H2,1-4H3,(H,17,18);5-8H,4,9H2,1-3H3/q;+1/p-1. The zero-order valence-electron chi connectivity index (χ0n) is 22.9. The molecular formula is C27H51BrNO4P. The van der Waals surface area contributed by atoms with E-state index in [1.165, 1.54) is 10.0 Å². The number of phosphoric ester groups is 1. The van der Waals surface area contributed by atoms with Gasteiger partial charge in [-0.3, -0.25) is 4.57 Å². The lowest BCUT2D eigenvalue weighted by molar-refractivity contribution is -0.901. The van der Waals surface area contributed by atoms with Crippen molar-refractivity contribution < 1.29 is 23.0 Å². The number of halogens is 1. The normalized spacial score (nSPS) is 15.2. The van der Waals surface area contributed by atoms with Gasteiger partial charge in [0.2, 0.25) is 0 Å². The minimum Gasteiger partial charge on any atom is -0.756 e. The molecule has 0 radical (unpaired) electrons. The molecule has 1 aromatic rings. The first kappa shape index (κ1) is 33.8. The van der Waals surface area contributed by atoms with Crippen molar-refractivity contribution in [2.45, 2.75) is 92.5 Å². The van der Waals surface area contributed by atoms with Gasteiger partial charge >= 0.3 is 0 Å². The molecule has 0 saturated carbocycles. The van der Waals surface area contributed by atoms with Gasteiger partial charge in [0.05, 0.1) is 33.9 Å². The van der Waals surface area contributed by atoms with Crippen molar-refractivity contribution >= 4 is 23.8 Å². The largest absolute Gasteiger partial charge is 0.756 e. The number of hydrogen-bond acceptors (Lipinski definition) is 4. The lowest BCUT2D eigenvalue weighted by Crippen LogP contribution is -2.38. The average molecular weight is 565 g/mol. The third-order valence-electron chi connectivity index (χ3n) is 6.44. The number of phosphoric acid groups is 1. The van der Waals surface area contributed by atoms with Crippen LogP contribution in [0, 0.1) is 11.8 Å². The Morgan fingerprint density at radius 2 is 1.38 bits per heavy atom. The average Bonchev–Trinajstić information content (AvgIpc) is 2.81. The van der Waals surface area contributed by atoms with Gasteiger partial charge in [0.25, 0.3) is 7.82 Å². The number of benzene rings is 1. The van der Waals surface area contributed by atoms with Crippen molar-refractivity contribution in [2.24, 2.45) is 11.8 Å². The Bertz CT molecular complexity index is 662. The Labute approximate surface area is 219 Å². The minimum atomic E-state index is -4.14. The quantitative estimate of drug-likeness (QED) is 0.142. The summed E-state index contributed by atoms with van der Waals surface area (Å²) in [7, 11) is 0.358. The molecule has 200 valence electrons. The van der Waals surface area contributed by atoms with Crippen LogP contribution >= 0.6 is 23.8 Å². The van der Waals surface area contributed by atoms with Gasteiger partial charge in [0, 0.05) is 10.0 Å². The van der Waals surface area contributed by atoms with Crippen LogP contribution in [-0.2, 0) is 20.2 Å². The summed E-state index contributed by atoms with van der Waals surface area (Å²) in [5.41, 5.74) is 1.38. The first-order valence-corrected chi connectivity index (χ1v) is 15.4. The number of rotatable bonds is 17. The summed E-state index contributed by atoms with van der Waals surface area (Å²) in [6, 6.07) is 8.43. The number of nitrogens with zero attached hydrogens (tertiary/aromatic N) is 1. The first-order chi connectivity index (χ1) is 16.0. The lowest BCUT2D eigenvalue weighted by atomic mass is 10.0. The summed E-state index contributed by atoms with van der Waals surface area (Å²) in [6.45, 7) is 13.4. The Morgan fingerprint density at radius 1 is 0.912 bits per heavy atom. The van der Waals surface area contributed by atoms with Crippen LogP contribution in [0.1, 0.15) is 91.5 Å². The van der Waals surface area contributed by atoms with E-state index in [9.17, 15) is 9.46 Å². The van der Waals surface area contributed by atoms with Crippen LogP contribution in [0.5, 0.6) is 0 Å². The van der Waals surface area contributed by atoms with Crippen LogP contribution in [0.2, 0.25) is 0 Å². The number of unbranched alkanes of at least 4 members (excludes halogenated alkanes) is 2. The maximum atomic E-state index is 11.8. The molecule has 0 amide bonds. The van der Waals surface area contributed by atoms with Gasteiger partial charge in [0.1, 0.15) is 6.54 Å². The SMILES string of the molecule is CCCCC(CC)COP(=O)([O-])OCC(CC)CCCC.CC[N+](C)(C)Cc1ccccc1Br. The number of hydrogen-bond donors (Lipinski definition) is 0. The molecule has 0 saturated heterocycles.